The zero-order valence-electron chi connectivity index (χ0n) is 9.94. The van der Waals surface area contributed by atoms with Gasteiger partial charge in [0.25, 0.3) is 0 Å². The summed E-state index contributed by atoms with van der Waals surface area (Å²) in [5.74, 6) is 0. The topological polar surface area (TPSA) is 35.8 Å². The lowest BCUT2D eigenvalue weighted by Crippen LogP contribution is -2.27. The van der Waals surface area contributed by atoms with Crippen LogP contribution in [0.4, 0.5) is 0 Å². The highest BCUT2D eigenvalue weighted by molar-refractivity contribution is 7.17. The summed E-state index contributed by atoms with van der Waals surface area (Å²) in [6.07, 6.45) is 1.58. The molecule has 1 aromatic carbocycles. The van der Waals surface area contributed by atoms with E-state index in [1.165, 1.54) is 15.6 Å². The highest BCUT2D eigenvalue weighted by Crippen LogP contribution is 2.25. The number of rotatable bonds is 5. The summed E-state index contributed by atoms with van der Waals surface area (Å²) in [6, 6.07) is 11.0. The molecular weight excluding hydrogens is 228 g/mol. The van der Waals surface area contributed by atoms with Crippen LogP contribution in [0.3, 0.4) is 0 Å². The Kier molecular flexibility index (Phi) is 4.13. The van der Waals surface area contributed by atoms with Crippen LogP contribution in [0.25, 0.3) is 10.1 Å². The molecule has 0 amide bonds. The van der Waals surface area contributed by atoms with Gasteiger partial charge in [0.05, 0.1) is 12.5 Å². The van der Waals surface area contributed by atoms with Crippen LogP contribution in [0.2, 0.25) is 0 Å². The van der Waals surface area contributed by atoms with Crippen molar-refractivity contribution in [1.82, 2.24) is 5.32 Å². The average molecular weight is 244 g/mol. The molecule has 0 aliphatic carbocycles. The van der Waals surface area contributed by atoms with Gasteiger partial charge in [-0.15, -0.1) is 11.3 Å². The minimum absolute atomic E-state index is 0.304. The zero-order valence-corrected chi connectivity index (χ0v) is 10.8. The molecule has 88 valence electrons. The molecule has 0 spiro atoms. The number of nitrogens with one attached hydrogen (secondary N) is 1. The molecule has 0 radical (unpaired) electrons. The standard InChI is InChI=1S/C14H16N2S/c1-2-12(7-8-15)16-9-11-10-17-14-6-4-3-5-13(11)14/h3-6,10,12,16H,2,7,9H2,1H3. The second kappa shape index (κ2) is 5.81. The van der Waals surface area contributed by atoms with Crippen molar-refractivity contribution >= 4 is 21.4 Å². The molecule has 3 heteroatoms. The lowest BCUT2D eigenvalue weighted by Gasteiger charge is -2.12. The van der Waals surface area contributed by atoms with Crippen LogP contribution in [0.1, 0.15) is 25.3 Å². The number of hydrogen-bond acceptors (Lipinski definition) is 3. The smallest absolute Gasteiger partial charge is 0.0638 e. The van der Waals surface area contributed by atoms with E-state index in [1.807, 2.05) is 0 Å². The molecule has 1 atom stereocenters. The van der Waals surface area contributed by atoms with E-state index < -0.39 is 0 Å². The van der Waals surface area contributed by atoms with E-state index in [0.717, 1.165) is 13.0 Å². The van der Waals surface area contributed by atoms with Crippen molar-refractivity contribution < 1.29 is 0 Å². The lowest BCUT2D eigenvalue weighted by atomic mass is 10.1. The van der Waals surface area contributed by atoms with Crippen molar-refractivity contribution in [3.63, 3.8) is 0 Å². The van der Waals surface area contributed by atoms with Crippen LogP contribution in [-0.4, -0.2) is 6.04 Å². The van der Waals surface area contributed by atoms with E-state index in [2.05, 4.69) is 48.0 Å². The Labute approximate surface area is 106 Å². The van der Waals surface area contributed by atoms with Gasteiger partial charge >= 0.3 is 0 Å². The maximum Gasteiger partial charge on any atom is 0.0638 e. The van der Waals surface area contributed by atoms with Crippen molar-refractivity contribution in [3.05, 3.63) is 35.2 Å². The molecule has 1 N–H and O–H groups in total. The third-order valence-electron chi connectivity index (χ3n) is 2.97. The average Bonchev–Trinajstić information content (AvgIpc) is 2.78. The number of nitrogens with zero attached hydrogens (tertiary/aromatic N) is 1. The second-order valence-corrected chi connectivity index (χ2v) is 5.02. The van der Waals surface area contributed by atoms with Gasteiger partial charge in [-0.25, -0.2) is 0 Å². The summed E-state index contributed by atoms with van der Waals surface area (Å²) in [7, 11) is 0. The molecule has 2 aromatic rings. The van der Waals surface area contributed by atoms with E-state index in [0.29, 0.717) is 12.5 Å². The van der Waals surface area contributed by atoms with E-state index in [9.17, 15) is 0 Å². The molecule has 0 fully saturated rings. The van der Waals surface area contributed by atoms with E-state index in [4.69, 9.17) is 5.26 Å². The summed E-state index contributed by atoms with van der Waals surface area (Å²) in [5, 5.41) is 15.7. The molecule has 2 nitrogen and oxygen atoms in total. The minimum atomic E-state index is 0.304. The third kappa shape index (κ3) is 2.85. The predicted molar refractivity (Wildman–Crippen MR) is 73.0 cm³/mol. The fraction of sp³-hybridized carbons (Fsp3) is 0.357. The minimum Gasteiger partial charge on any atom is -0.309 e. The summed E-state index contributed by atoms with van der Waals surface area (Å²) in [6.45, 7) is 2.96. The highest BCUT2D eigenvalue weighted by atomic mass is 32.1. The third-order valence-corrected chi connectivity index (χ3v) is 3.99. The number of benzene rings is 1. The maximum absolute atomic E-state index is 8.71. The normalized spacial score (nSPS) is 12.5. The Hall–Kier alpha value is -1.37. The van der Waals surface area contributed by atoms with E-state index in [1.54, 1.807) is 11.3 Å². The summed E-state index contributed by atoms with van der Waals surface area (Å²) in [4.78, 5) is 0. The molecule has 2 rings (SSSR count). The van der Waals surface area contributed by atoms with Gasteiger partial charge in [-0.1, -0.05) is 25.1 Å². The van der Waals surface area contributed by atoms with Gasteiger partial charge in [-0.3, -0.25) is 0 Å². The summed E-state index contributed by atoms with van der Waals surface area (Å²) < 4.78 is 1.33. The predicted octanol–water partition coefficient (Wildman–Crippen LogP) is 3.68. The molecule has 0 saturated heterocycles. The monoisotopic (exact) mass is 244 g/mol. The maximum atomic E-state index is 8.71. The van der Waals surface area contributed by atoms with Gasteiger partial charge in [-0.05, 0) is 28.8 Å². The molecule has 0 saturated carbocycles. The molecule has 17 heavy (non-hydrogen) atoms. The van der Waals surface area contributed by atoms with Gasteiger partial charge in [-0.2, -0.15) is 5.26 Å². The molecular formula is C14H16N2S. The first kappa shape index (κ1) is 12.1. The number of hydrogen-bond donors (Lipinski definition) is 1. The highest BCUT2D eigenvalue weighted by Gasteiger charge is 2.07. The largest absolute Gasteiger partial charge is 0.309 e. The molecule has 0 bridgehead atoms. The SMILES string of the molecule is CCC(CC#N)NCc1csc2ccccc12. The first-order chi connectivity index (χ1) is 8.35. The number of fused-ring (bicyclic) bond motifs is 1. The Morgan fingerprint density at radius 2 is 2.24 bits per heavy atom. The van der Waals surface area contributed by atoms with Gasteiger partial charge in [0.2, 0.25) is 0 Å². The van der Waals surface area contributed by atoms with Gasteiger partial charge in [0, 0.05) is 17.3 Å². The van der Waals surface area contributed by atoms with Gasteiger partial charge < -0.3 is 5.32 Å². The van der Waals surface area contributed by atoms with Crippen LogP contribution in [0.5, 0.6) is 0 Å². The van der Waals surface area contributed by atoms with Crippen LogP contribution < -0.4 is 5.32 Å². The number of nitriles is 1. The van der Waals surface area contributed by atoms with E-state index >= 15 is 0 Å². The van der Waals surface area contributed by atoms with Gasteiger partial charge in [0.15, 0.2) is 0 Å². The second-order valence-electron chi connectivity index (χ2n) is 4.11. The first-order valence-electron chi connectivity index (χ1n) is 5.90. The zero-order chi connectivity index (χ0) is 12.1. The van der Waals surface area contributed by atoms with Crippen LogP contribution in [0.15, 0.2) is 29.6 Å². The van der Waals surface area contributed by atoms with Crippen LogP contribution in [0, 0.1) is 11.3 Å². The fourth-order valence-electron chi connectivity index (χ4n) is 1.90. The summed E-state index contributed by atoms with van der Waals surface area (Å²) >= 11 is 1.78. The quantitative estimate of drug-likeness (QED) is 0.870. The molecule has 1 aromatic heterocycles. The van der Waals surface area contributed by atoms with Crippen LogP contribution in [-0.2, 0) is 6.54 Å². The van der Waals surface area contributed by atoms with Gasteiger partial charge in [0.1, 0.15) is 0 Å². The van der Waals surface area contributed by atoms with E-state index in [-0.39, 0.29) is 0 Å². The lowest BCUT2D eigenvalue weighted by molar-refractivity contribution is 0.506. The van der Waals surface area contributed by atoms with Crippen molar-refractivity contribution in [1.29, 1.82) is 5.26 Å². The van der Waals surface area contributed by atoms with Crippen molar-refractivity contribution in [3.8, 4) is 6.07 Å². The number of thiophene rings is 1. The Morgan fingerprint density at radius 1 is 1.41 bits per heavy atom. The Balaban J connectivity index is 2.06. The Bertz CT molecular complexity index is 524. The molecule has 1 unspecified atom stereocenters. The van der Waals surface area contributed by atoms with Crippen LogP contribution >= 0.6 is 11.3 Å². The molecule has 1 heterocycles. The first-order valence-corrected chi connectivity index (χ1v) is 6.78. The molecule has 0 aliphatic heterocycles. The fourth-order valence-corrected chi connectivity index (χ4v) is 2.86. The summed E-state index contributed by atoms with van der Waals surface area (Å²) in [5.41, 5.74) is 1.34. The Morgan fingerprint density at radius 3 is 3.00 bits per heavy atom. The van der Waals surface area contributed by atoms with Crippen molar-refractivity contribution in [2.45, 2.75) is 32.4 Å². The van der Waals surface area contributed by atoms with Crippen molar-refractivity contribution in [2.24, 2.45) is 0 Å². The van der Waals surface area contributed by atoms with Crippen molar-refractivity contribution in [2.75, 3.05) is 0 Å². The molecule has 0 aliphatic rings.